The number of hydrogen-bond acceptors (Lipinski definition) is 5. The van der Waals surface area contributed by atoms with Crippen molar-refractivity contribution in [1.82, 2.24) is 15.5 Å². The second-order valence-corrected chi connectivity index (χ2v) is 4.61. The van der Waals surface area contributed by atoms with Gasteiger partial charge in [-0.3, -0.25) is 0 Å². The topological polar surface area (TPSA) is 60.2 Å². The Balaban J connectivity index is 2.25. The Bertz CT molecular complexity index is 382. The molecule has 5 nitrogen and oxygen atoms in total. The van der Waals surface area contributed by atoms with E-state index in [9.17, 15) is 13.2 Å². The van der Waals surface area contributed by atoms with Gasteiger partial charge in [0, 0.05) is 12.5 Å². The summed E-state index contributed by atoms with van der Waals surface area (Å²) < 4.78 is 45.0. The van der Waals surface area contributed by atoms with Crippen molar-refractivity contribution < 1.29 is 22.4 Å². The van der Waals surface area contributed by atoms with Crippen molar-refractivity contribution in [2.75, 3.05) is 13.2 Å². The van der Waals surface area contributed by atoms with Gasteiger partial charge in [0.05, 0.1) is 0 Å². The van der Waals surface area contributed by atoms with Crippen LogP contribution in [0.1, 0.15) is 38.4 Å². The molecule has 0 bridgehead atoms. The number of halogens is 3. The van der Waals surface area contributed by atoms with E-state index in [1.807, 2.05) is 0 Å². The van der Waals surface area contributed by atoms with Crippen molar-refractivity contribution in [2.24, 2.45) is 0 Å². The molecule has 0 saturated heterocycles. The Labute approximate surface area is 115 Å². The highest BCUT2D eigenvalue weighted by Gasteiger charge is 2.27. The molecule has 1 rings (SSSR count). The smallest absolute Gasteiger partial charge is 0.364 e. The number of aromatic nitrogens is 2. The van der Waals surface area contributed by atoms with E-state index < -0.39 is 12.8 Å². The SMILES string of the molecule is CCCNC(C)CCc1nc(COCC(F)(F)F)no1. The fourth-order valence-corrected chi connectivity index (χ4v) is 1.54. The van der Waals surface area contributed by atoms with E-state index in [1.165, 1.54) is 0 Å². The van der Waals surface area contributed by atoms with Crippen LogP contribution in [0.3, 0.4) is 0 Å². The molecule has 0 amide bonds. The molecule has 0 fully saturated rings. The quantitative estimate of drug-likeness (QED) is 0.758. The molecule has 1 aromatic heterocycles. The highest BCUT2D eigenvalue weighted by Crippen LogP contribution is 2.15. The van der Waals surface area contributed by atoms with Crippen LogP contribution in [0.5, 0.6) is 0 Å². The number of nitrogens with one attached hydrogen (secondary N) is 1. The predicted octanol–water partition coefficient (Wildman–Crippen LogP) is 2.47. The summed E-state index contributed by atoms with van der Waals surface area (Å²) in [6.07, 6.45) is -1.87. The number of hydrogen-bond donors (Lipinski definition) is 1. The fraction of sp³-hybridized carbons (Fsp3) is 0.833. The lowest BCUT2D eigenvalue weighted by Gasteiger charge is -2.10. The van der Waals surface area contributed by atoms with Gasteiger partial charge in [0.15, 0.2) is 5.82 Å². The van der Waals surface area contributed by atoms with Gasteiger partial charge in [-0.1, -0.05) is 12.1 Å². The zero-order chi connectivity index (χ0) is 15.0. The average Bonchev–Trinajstić information content (AvgIpc) is 2.80. The lowest BCUT2D eigenvalue weighted by atomic mass is 10.2. The molecule has 1 atom stereocenters. The van der Waals surface area contributed by atoms with E-state index in [1.54, 1.807) is 0 Å². The van der Waals surface area contributed by atoms with Crippen LogP contribution in [0.4, 0.5) is 13.2 Å². The minimum atomic E-state index is -4.34. The van der Waals surface area contributed by atoms with Crippen LogP contribution in [0.25, 0.3) is 0 Å². The lowest BCUT2D eigenvalue weighted by Crippen LogP contribution is -2.27. The van der Waals surface area contributed by atoms with Crippen molar-refractivity contribution in [3.63, 3.8) is 0 Å². The van der Waals surface area contributed by atoms with Crippen LogP contribution in [0, 0.1) is 0 Å². The predicted molar refractivity (Wildman–Crippen MR) is 66.1 cm³/mol. The number of alkyl halides is 3. The van der Waals surface area contributed by atoms with Crippen LogP contribution in [0.15, 0.2) is 4.52 Å². The Morgan fingerprint density at radius 1 is 1.40 bits per heavy atom. The van der Waals surface area contributed by atoms with Crippen molar-refractivity contribution >= 4 is 0 Å². The standard InChI is InChI=1S/C12H20F3N3O2/c1-3-6-16-9(2)4-5-11-17-10(18-20-11)7-19-8-12(13,14)15/h9,16H,3-8H2,1-2H3. The molecule has 0 spiro atoms. The second-order valence-electron chi connectivity index (χ2n) is 4.61. The summed E-state index contributed by atoms with van der Waals surface area (Å²) in [5.74, 6) is 0.555. The maximum absolute atomic E-state index is 11.9. The third-order valence-electron chi connectivity index (χ3n) is 2.54. The van der Waals surface area contributed by atoms with Crippen molar-refractivity contribution in [3.8, 4) is 0 Å². The second kappa shape index (κ2) is 8.21. The van der Waals surface area contributed by atoms with Gasteiger partial charge in [-0.2, -0.15) is 18.2 Å². The number of rotatable bonds is 9. The van der Waals surface area contributed by atoms with Crippen LogP contribution in [-0.2, 0) is 17.8 Å². The van der Waals surface area contributed by atoms with Crippen LogP contribution in [0.2, 0.25) is 0 Å². The highest BCUT2D eigenvalue weighted by atomic mass is 19.4. The van der Waals surface area contributed by atoms with E-state index >= 15 is 0 Å². The molecule has 0 radical (unpaired) electrons. The number of nitrogens with zero attached hydrogens (tertiary/aromatic N) is 2. The maximum Gasteiger partial charge on any atom is 0.411 e. The van der Waals surface area contributed by atoms with Crippen LogP contribution >= 0.6 is 0 Å². The van der Waals surface area contributed by atoms with Crippen molar-refractivity contribution in [3.05, 3.63) is 11.7 Å². The normalized spacial score (nSPS) is 13.7. The molecule has 20 heavy (non-hydrogen) atoms. The zero-order valence-electron chi connectivity index (χ0n) is 11.7. The highest BCUT2D eigenvalue weighted by molar-refractivity contribution is 4.85. The Morgan fingerprint density at radius 2 is 2.15 bits per heavy atom. The largest absolute Gasteiger partial charge is 0.411 e. The summed E-state index contributed by atoms with van der Waals surface area (Å²) in [6.45, 7) is 3.48. The van der Waals surface area contributed by atoms with Gasteiger partial charge in [-0.05, 0) is 26.3 Å². The summed E-state index contributed by atoms with van der Waals surface area (Å²) in [4.78, 5) is 3.98. The molecule has 8 heteroatoms. The van der Waals surface area contributed by atoms with E-state index in [2.05, 4.69) is 34.0 Å². The van der Waals surface area contributed by atoms with Gasteiger partial charge in [-0.25, -0.2) is 0 Å². The van der Waals surface area contributed by atoms with E-state index in [0.717, 1.165) is 19.4 Å². The Hall–Kier alpha value is -1.15. The zero-order valence-corrected chi connectivity index (χ0v) is 11.7. The number of aryl methyl sites for hydroxylation is 1. The Morgan fingerprint density at radius 3 is 2.80 bits per heavy atom. The van der Waals surface area contributed by atoms with Gasteiger partial charge in [0.1, 0.15) is 13.2 Å². The minimum Gasteiger partial charge on any atom is -0.364 e. The van der Waals surface area contributed by atoms with Crippen molar-refractivity contribution in [2.45, 2.75) is 51.9 Å². The molecule has 116 valence electrons. The van der Waals surface area contributed by atoms with Crippen LogP contribution < -0.4 is 5.32 Å². The van der Waals surface area contributed by atoms with E-state index in [-0.39, 0.29) is 12.4 Å². The van der Waals surface area contributed by atoms with Crippen molar-refractivity contribution in [1.29, 1.82) is 0 Å². The summed E-state index contributed by atoms with van der Waals surface area (Å²) in [7, 11) is 0. The molecule has 0 aliphatic rings. The van der Waals surface area contributed by atoms with E-state index in [4.69, 9.17) is 4.52 Å². The third kappa shape index (κ3) is 7.44. The summed E-state index contributed by atoms with van der Waals surface area (Å²) in [5.41, 5.74) is 0. The average molecular weight is 295 g/mol. The van der Waals surface area contributed by atoms with Gasteiger partial charge in [0.25, 0.3) is 0 Å². The monoisotopic (exact) mass is 295 g/mol. The molecule has 1 aromatic rings. The molecule has 1 heterocycles. The van der Waals surface area contributed by atoms with Gasteiger partial charge in [0.2, 0.25) is 5.89 Å². The first-order chi connectivity index (χ1) is 9.40. The first kappa shape index (κ1) is 16.9. The lowest BCUT2D eigenvalue weighted by molar-refractivity contribution is -0.177. The van der Waals surface area contributed by atoms with Crippen LogP contribution in [-0.4, -0.2) is 35.5 Å². The van der Waals surface area contributed by atoms with Gasteiger partial charge < -0.3 is 14.6 Å². The van der Waals surface area contributed by atoms with Gasteiger partial charge >= 0.3 is 6.18 Å². The molecular formula is C12H20F3N3O2. The number of ether oxygens (including phenoxy) is 1. The first-order valence-electron chi connectivity index (χ1n) is 6.60. The molecule has 1 unspecified atom stereocenters. The van der Waals surface area contributed by atoms with Gasteiger partial charge in [-0.15, -0.1) is 0 Å². The molecular weight excluding hydrogens is 275 g/mol. The minimum absolute atomic E-state index is 0.137. The fourth-order valence-electron chi connectivity index (χ4n) is 1.54. The van der Waals surface area contributed by atoms with E-state index in [0.29, 0.717) is 18.4 Å². The molecule has 0 saturated carbocycles. The molecule has 0 aliphatic carbocycles. The Kier molecular flexibility index (Phi) is 6.94. The molecule has 0 aliphatic heterocycles. The first-order valence-corrected chi connectivity index (χ1v) is 6.60. The summed E-state index contributed by atoms with van der Waals surface area (Å²) in [6, 6.07) is 0.326. The molecule has 0 aromatic carbocycles. The molecule has 1 N–H and O–H groups in total. The summed E-state index contributed by atoms with van der Waals surface area (Å²) >= 11 is 0. The maximum atomic E-state index is 11.9. The third-order valence-corrected chi connectivity index (χ3v) is 2.54. The summed E-state index contributed by atoms with van der Waals surface area (Å²) in [5, 5.41) is 6.90.